The van der Waals surface area contributed by atoms with Crippen LogP contribution >= 0.6 is 0 Å². The number of ether oxygens (including phenoxy) is 1. The average Bonchev–Trinajstić information content (AvgIpc) is 3.17. The van der Waals surface area contributed by atoms with Crippen molar-refractivity contribution in [3.05, 3.63) is 30.0 Å². The number of aromatic nitrogens is 1. The van der Waals surface area contributed by atoms with E-state index in [2.05, 4.69) is 10.3 Å². The van der Waals surface area contributed by atoms with E-state index in [1.165, 1.54) is 0 Å². The molecule has 31 heavy (non-hydrogen) atoms. The molecule has 2 amide bonds. The van der Waals surface area contributed by atoms with Gasteiger partial charge >= 0.3 is 0 Å². The third-order valence-corrected chi connectivity index (χ3v) is 6.40. The topological polar surface area (TPSA) is 94.7 Å². The number of likely N-dealkylation sites (tertiary alicyclic amines) is 1. The Hall–Kier alpha value is -2.38. The predicted octanol–water partition coefficient (Wildman–Crippen LogP) is 3.55. The van der Waals surface area contributed by atoms with Crippen LogP contribution in [0.1, 0.15) is 56.4 Å². The van der Waals surface area contributed by atoms with Gasteiger partial charge in [-0.1, -0.05) is 0 Å². The fraction of sp³-hybridized carbons (Fsp3) is 0.583. The number of fused-ring (bicyclic) bond motifs is 1. The molecule has 7 nitrogen and oxygen atoms in total. The molecule has 0 bridgehead atoms. The summed E-state index contributed by atoms with van der Waals surface area (Å²) < 4.78 is 5.33. The number of nitrogens with one attached hydrogen (secondary N) is 2. The number of hydrogen-bond acceptors (Lipinski definition) is 4. The Morgan fingerprint density at radius 3 is 2.55 bits per heavy atom. The van der Waals surface area contributed by atoms with Crippen LogP contribution in [0.5, 0.6) is 0 Å². The second-order valence-electron chi connectivity index (χ2n) is 9.61. The molecule has 2 saturated heterocycles. The lowest BCUT2D eigenvalue weighted by Crippen LogP contribution is -2.40. The molecule has 2 aliphatic heterocycles. The van der Waals surface area contributed by atoms with Crippen molar-refractivity contribution < 1.29 is 19.4 Å². The van der Waals surface area contributed by atoms with E-state index in [0.717, 1.165) is 48.7 Å². The van der Waals surface area contributed by atoms with Crippen LogP contribution in [0, 0.1) is 11.8 Å². The van der Waals surface area contributed by atoms with Gasteiger partial charge in [0.15, 0.2) is 0 Å². The van der Waals surface area contributed by atoms with Gasteiger partial charge in [-0.2, -0.15) is 0 Å². The number of anilines is 1. The number of nitrogens with zero attached hydrogens (tertiary/aromatic N) is 1. The van der Waals surface area contributed by atoms with Gasteiger partial charge in [-0.3, -0.25) is 9.59 Å². The first-order valence-electron chi connectivity index (χ1n) is 11.3. The Kier molecular flexibility index (Phi) is 6.34. The van der Waals surface area contributed by atoms with Crippen LogP contribution in [0.4, 0.5) is 5.69 Å². The van der Waals surface area contributed by atoms with Crippen molar-refractivity contribution in [2.75, 3.05) is 31.6 Å². The number of aromatic amines is 1. The van der Waals surface area contributed by atoms with Crippen molar-refractivity contribution in [2.45, 2.75) is 51.6 Å². The minimum atomic E-state index is -0.661. The number of carbonyl (C=O) groups is 2. The fourth-order valence-corrected chi connectivity index (χ4v) is 4.75. The van der Waals surface area contributed by atoms with Gasteiger partial charge in [0.2, 0.25) is 5.91 Å². The van der Waals surface area contributed by atoms with Gasteiger partial charge in [0.1, 0.15) is 5.69 Å². The van der Waals surface area contributed by atoms with Gasteiger partial charge in [-0.15, -0.1) is 0 Å². The lowest BCUT2D eigenvalue weighted by Gasteiger charge is -2.34. The molecule has 0 saturated carbocycles. The highest BCUT2D eigenvalue weighted by molar-refractivity contribution is 6.00. The molecule has 7 heteroatoms. The van der Waals surface area contributed by atoms with Gasteiger partial charge in [0.25, 0.3) is 5.91 Å². The monoisotopic (exact) mass is 427 g/mol. The second-order valence-corrected chi connectivity index (χ2v) is 9.61. The summed E-state index contributed by atoms with van der Waals surface area (Å²) in [7, 11) is 0. The summed E-state index contributed by atoms with van der Waals surface area (Å²) in [5, 5.41) is 13.9. The molecule has 3 N–H and O–H groups in total. The highest BCUT2D eigenvalue weighted by Gasteiger charge is 2.28. The minimum absolute atomic E-state index is 0.00528. The number of carbonyl (C=O) groups excluding carboxylic acids is 2. The van der Waals surface area contributed by atoms with Gasteiger partial charge in [0.05, 0.1) is 5.60 Å². The second kappa shape index (κ2) is 9.01. The zero-order chi connectivity index (χ0) is 22.0. The van der Waals surface area contributed by atoms with Gasteiger partial charge in [-0.25, -0.2) is 0 Å². The summed E-state index contributed by atoms with van der Waals surface area (Å²) in [5.74, 6) is 0.481. The number of H-pyrrole nitrogens is 1. The van der Waals surface area contributed by atoms with Crippen LogP contribution in [0.3, 0.4) is 0 Å². The summed E-state index contributed by atoms with van der Waals surface area (Å²) in [5.41, 5.74) is 1.54. The zero-order valence-electron chi connectivity index (χ0n) is 18.4. The maximum absolute atomic E-state index is 13.0. The predicted molar refractivity (Wildman–Crippen MR) is 120 cm³/mol. The van der Waals surface area contributed by atoms with Gasteiger partial charge in [-0.05, 0) is 76.1 Å². The maximum atomic E-state index is 13.0. The van der Waals surface area contributed by atoms with Crippen molar-refractivity contribution in [3.63, 3.8) is 0 Å². The highest BCUT2D eigenvalue weighted by Crippen LogP contribution is 2.28. The van der Waals surface area contributed by atoms with E-state index in [0.29, 0.717) is 37.9 Å². The molecule has 2 aromatic rings. The summed E-state index contributed by atoms with van der Waals surface area (Å²) in [6.07, 6.45) is 4.10. The lowest BCUT2D eigenvalue weighted by atomic mass is 9.86. The summed E-state index contributed by atoms with van der Waals surface area (Å²) in [6.45, 7) is 6.37. The van der Waals surface area contributed by atoms with Crippen LogP contribution in [-0.2, 0) is 9.53 Å². The molecular formula is C24H33N3O4. The van der Waals surface area contributed by atoms with Crippen molar-refractivity contribution in [2.24, 2.45) is 11.8 Å². The Bertz CT molecular complexity index is 932. The molecule has 0 radical (unpaired) electrons. The Balaban J connectivity index is 1.39. The number of piperidine rings is 1. The van der Waals surface area contributed by atoms with Gasteiger partial charge in [0, 0.05) is 48.8 Å². The standard InChI is InChI=1S/C24H33N3O4/c1-24(2,30)15-16-5-9-27(10-6-16)23(29)21-14-18-13-19(3-4-20(18)26-21)25-22(28)17-7-11-31-12-8-17/h3-4,13-14,16-17,26,30H,5-12,15H2,1-2H3,(H,25,28). The molecule has 3 heterocycles. The molecule has 2 aliphatic rings. The lowest BCUT2D eigenvalue weighted by molar-refractivity contribution is -0.122. The van der Waals surface area contributed by atoms with Crippen LogP contribution in [0.25, 0.3) is 10.9 Å². The van der Waals surface area contributed by atoms with E-state index in [-0.39, 0.29) is 17.7 Å². The van der Waals surface area contributed by atoms with Crippen molar-refractivity contribution in [3.8, 4) is 0 Å². The first-order chi connectivity index (χ1) is 14.8. The quantitative estimate of drug-likeness (QED) is 0.680. The maximum Gasteiger partial charge on any atom is 0.270 e. The van der Waals surface area contributed by atoms with E-state index in [9.17, 15) is 14.7 Å². The number of benzene rings is 1. The zero-order valence-corrected chi connectivity index (χ0v) is 18.4. The van der Waals surface area contributed by atoms with Crippen LogP contribution in [-0.4, -0.2) is 58.7 Å². The molecule has 1 aromatic heterocycles. The number of amides is 2. The van der Waals surface area contributed by atoms with E-state index < -0.39 is 5.60 Å². The summed E-state index contributed by atoms with van der Waals surface area (Å²) in [6, 6.07) is 7.55. The van der Waals surface area contributed by atoms with Crippen molar-refractivity contribution in [1.82, 2.24) is 9.88 Å². The van der Waals surface area contributed by atoms with Crippen LogP contribution in [0.2, 0.25) is 0 Å². The van der Waals surface area contributed by atoms with E-state index in [1.807, 2.05) is 43.0 Å². The molecule has 0 unspecified atom stereocenters. The Morgan fingerprint density at radius 2 is 1.87 bits per heavy atom. The SMILES string of the molecule is CC(C)(O)CC1CCN(C(=O)c2cc3cc(NC(=O)C4CCOCC4)ccc3[nH]2)CC1. The van der Waals surface area contributed by atoms with E-state index >= 15 is 0 Å². The molecule has 0 aliphatic carbocycles. The van der Waals surface area contributed by atoms with E-state index in [4.69, 9.17) is 4.74 Å². The third kappa shape index (κ3) is 5.46. The van der Waals surface area contributed by atoms with E-state index in [1.54, 1.807) is 0 Å². The fourth-order valence-electron chi connectivity index (χ4n) is 4.75. The number of rotatable bonds is 5. The van der Waals surface area contributed by atoms with Crippen LogP contribution in [0.15, 0.2) is 24.3 Å². The molecule has 0 spiro atoms. The van der Waals surface area contributed by atoms with Crippen molar-refractivity contribution in [1.29, 1.82) is 0 Å². The Labute approximate surface area is 183 Å². The summed E-state index contributed by atoms with van der Waals surface area (Å²) >= 11 is 0. The largest absolute Gasteiger partial charge is 0.390 e. The molecule has 1 aromatic carbocycles. The number of hydrogen-bond donors (Lipinski definition) is 3. The van der Waals surface area contributed by atoms with Crippen molar-refractivity contribution >= 4 is 28.4 Å². The highest BCUT2D eigenvalue weighted by atomic mass is 16.5. The molecule has 4 rings (SSSR count). The molecule has 0 atom stereocenters. The average molecular weight is 428 g/mol. The normalized spacial score (nSPS) is 19.0. The minimum Gasteiger partial charge on any atom is -0.390 e. The molecule has 168 valence electrons. The van der Waals surface area contributed by atoms with Gasteiger partial charge < -0.3 is 25.0 Å². The first kappa shape index (κ1) is 21.8. The first-order valence-corrected chi connectivity index (χ1v) is 11.3. The smallest absolute Gasteiger partial charge is 0.270 e. The molecular weight excluding hydrogens is 394 g/mol. The Morgan fingerprint density at radius 1 is 1.16 bits per heavy atom. The summed E-state index contributed by atoms with van der Waals surface area (Å²) in [4.78, 5) is 30.6. The van der Waals surface area contributed by atoms with Crippen LogP contribution < -0.4 is 5.32 Å². The molecule has 2 fully saturated rings. The number of aliphatic hydroxyl groups is 1. The third-order valence-electron chi connectivity index (χ3n) is 6.40.